The molecule has 3 rings (SSSR count). The van der Waals surface area contributed by atoms with Crippen molar-refractivity contribution in [2.24, 2.45) is 0 Å². The van der Waals surface area contributed by atoms with E-state index in [1.165, 1.54) is 5.75 Å². The number of hydrogen-bond acceptors (Lipinski definition) is 4. The van der Waals surface area contributed by atoms with Crippen LogP contribution < -0.4 is 4.74 Å². The van der Waals surface area contributed by atoms with Crippen molar-refractivity contribution in [3.8, 4) is 5.75 Å². The molecule has 0 amide bonds. The molecule has 0 bridgehead atoms. The second-order valence-corrected chi connectivity index (χ2v) is 7.00. The topological polar surface area (TPSA) is 38.7 Å². The SMILES string of the molecule is OCc1ccc(OC2CCOC3(CCSC3)C2)c(Cl)c1. The lowest BCUT2D eigenvalue weighted by molar-refractivity contribution is -0.0958. The molecular weight excluding hydrogens is 296 g/mol. The van der Waals surface area contributed by atoms with Gasteiger partial charge in [-0.3, -0.25) is 0 Å². The zero-order valence-electron chi connectivity index (χ0n) is 11.3. The second kappa shape index (κ2) is 6.14. The molecule has 1 N–H and O–H groups in total. The fourth-order valence-electron chi connectivity index (χ4n) is 2.86. The van der Waals surface area contributed by atoms with Gasteiger partial charge in [0.1, 0.15) is 11.9 Å². The number of aliphatic hydroxyl groups excluding tert-OH is 1. The standard InChI is InChI=1S/C15H19ClO3S/c16-13-7-11(9-17)1-2-14(13)19-12-3-5-18-15(8-12)4-6-20-10-15/h1-2,7,12,17H,3-6,8-10H2. The highest BCUT2D eigenvalue weighted by molar-refractivity contribution is 7.99. The Morgan fingerprint density at radius 1 is 1.50 bits per heavy atom. The predicted molar refractivity (Wildman–Crippen MR) is 81.6 cm³/mol. The minimum absolute atomic E-state index is 0.00238. The molecule has 1 aromatic carbocycles. The number of aliphatic hydroxyl groups is 1. The molecule has 2 fully saturated rings. The highest BCUT2D eigenvalue weighted by Gasteiger charge is 2.41. The first-order chi connectivity index (χ1) is 9.71. The van der Waals surface area contributed by atoms with E-state index >= 15 is 0 Å². The Morgan fingerprint density at radius 2 is 2.40 bits per heavy atom. The van der Waals surface area contributed by atoms with Crippen LogP contribution in [0.4, 0.5) is 0 Å². The summed E-state index contributed by atoms with van der Waals surface area (Å²) in [5, 5.41) is 9.66. The first kappa shape index (κ1) is 14.5. The van der Waals surface area contributed by atoms with E-state index in [0.29, 0.717) is 10.8 Å². The average molecular weight is 315 g/mol. The van der Waals surface area contributed by atoms with E-state index in [4.69, 9.17) is 26.2 Å². The van der Waals surface area contributed by atoms with Crippen LogP contribution in [0.5, 0.6) is 5.75 Å². The summed E-state index contributed by atoms with van der Waals surface area (Å²) >= 11 is 8.17. The summed E-state index contributed by atoms with van der Waals surface area (Å²) in [5.74, 6) is 2.96. The summed E-state index contributed by atoms with van der Waals surface area (Å²) < 4.78 is 12.1. The summed E-state index contributed by atoms with van der Waals surface area (Å²) in [6.45, 7) is 0.759. The van der Waals surface area contributed by atoms with Gasteiger partial charge in [-0.1, -0.05) is 17.7 Å². The number of rotatable bonds is 3. The average Bonchev–Trinajstić information content (AvgIpc) is 2.89. The third-order valence-electron chi connectivity index (χ3n) is 3.99. The molecule has 2 aliphatic heterocycles. The first-order valence-electron chi connectivity index (χ1n) is 6.98. The lowest BCUT2D eigenvalue weighted by Gasteiger charge is -2.37. The zero-order chi connectivity index (χ0) is 14.0. The van der Waals surface area contributed by atoms with E-state index in [-0.39, 0.29) is 18.3 Å². The molecule has 0 saturated carbocycles. The Hall–Kier alpha value is -0.420. The van der Waals surface area contributed by atoms with Crippen LogP contribution in [0.2, 0.25) is 5.02 Å². The fourth-order valence-corrected chi connectivity index (χ4v) is 4.49. The van der Waals surface area contributed by atoms with Gasteiger partial charge in [0.25, 0.3) is 0 Å². The molecule has 2 saturated heterocycles. The molecule has 20 heavy (non-hydrogen) atoms. The molecule has 0 aliphatic carbocycles. The van der Waals surface area contributed by atoms with Crippen LogP contribution in [0.25, 0.3) is 0 Å². The van der Waals surface area contributed by atoms with Crippen molar-refractivity contribution in [2.45, 2.75) is 37.6 Å². The van der Waals surface area contributed by atoms with Crippen LogP contribution in [0, 0.1) is 0 Å². The number of thioether (sulfide) groups is 1. The Balaban J connectivity index is 1.68. The molecule has 2 heterocycles. The van der Waals surface area contributed by atoms with E-state index in [0.717, 1.165) is 37.2 Å². The molecule has 1 spiro atoms. The van der Waals surface area contributed by atoms with Gasteiger partial charge in [-0.15, -0.1) is 0 Å². The third kappa shape index (κ3) is 3.08. The summed E-state index contributed by atoms with van der Waals surface area (Å²) in [6.07, 6.45) is 3.14. The maximum absolute atomic E-state index is 9.10. The van der Waals surface area contributed by atoms with E-state index < -0.39 is 0 Å². The minimum Gasteiger partial charge on any atom is -0.489 e. The van der Waals surface area contributed by atoms with Crippen LogP contribution in [0.15, 0.2) is 18.2 Å². The second-order valence-electron chi connectivity index (χ2n) is 5.49. The Labute approximate surface area is 128 Å². The highest BCUT2D eigenvalue weighted by Crippen LogP contribution is 2.40. The van der Waals surface area contributed by atoms with Crippen molar-refractivity contribution in [3.63, 3.8) is 0 Å². The molecule has 2 atom stereocenters. The zero-order valence-corrected chi connectivity index (χ0v) is 12.9. The molecule has 2 aliphatic rings. The predicted octanol–water partition coefficient (Wildman–Crippen LogP) is 3.27. The van der Waals surface area contributed by atoms with Crippen LogP contribution >= 0.6 is 23.4 Å². The van der Waals surface area contributed by atoms with Gasteiger partial charge in [0.15, 0.2) is 0 Å². The molecule has 3 nitrogen and oxygen atoms in total. The third-order valence-corrected chi connectivity index (χ3v) is 5.51. The van der Waals surface area contributed by atoms with Crippen LogP contribution in [-0.2, 0) is 11.3 Å². The van der Waals surface area contributed by atoms with Crippen LogP contribution in [0.3, 0.4) is 0 Å². The molecule has 0 radical (unpaired) electrons. The van der Waals surface area contributed by atoms with Crippen molar-refractivity contribution >= 4 is 23.4 Å². The smallest absolute Gasteiger partial charge is 0.138 e. The highest BCUT2D eigenvalue weighted by atomic mass is 35.5. The maximum Gasteiger partial charge on any atom is 0.138 e. The maximum atomic E-state index is 9.10. The van der Waals surface area contributed by atoms with Crippen molar-refractivity contribution in [2.75, 3.05) is 18.1 Å². The van der Waals surface area contributed by atoms with E-state index in [1.54, 1.807) is 6.07 Å². The quantitative estimate of drug-likeness (QED) is 0.929. The Kier molecular flexibility index (Phi) is 4.46. The van der Waals surface area contributed by atoms with E-state index in [9.17, 15) is 0 Å². The summed E-state index contributed by atoms with van der Waals surface area (Å²) in [4.78, 5) is 0. The molecular formula is C15H19ClO3S. The number of hydrogen-bond donors (Lipinski definition) is 1. The van der Waals surface area contributed by atoms with E-state index in [1.807, 2.05) is 23.9 Å². The normalized spacial score (nSPS) is 29.8. The molecule has 110 valence electrons. The summed E-state index contributed by atoms with van der Waals surface area (Å²) in [7, 11) is 0. The molecule has 5 heteroatoms. The van der Waals surface area contributed by atoms with Gasteiger partial charge < -0.3 is 14.6 Å². The van der Waals surface area contributed by atoms with Gasteiger partial charge in [0, 0.05) is 18.6 Å². The summed E-state index contributed by atoms with van der Waals surface area (Å²) in [5.41, 5.74) is 0.823. The lowest BCUT2D eigenvalue weighted by atomic mass is 9.91. The Bertz CT molecular complexity index is 474. The molecule has 1 aromatic rings. The van der Waals surface area contributed by atoms with Crippen molar-refractivity contribution in [1.82, 2.24) is 0 Å². The van der Waals surface area contributed by atoms with Crippen LogP contribution in [0.1, 0.15) is 24.8 Å². The van der Waals surface area contributed by atoms with Gasteiger partial charge in [-0.05, 0) is 29.9 Å². The molecule has 0 aromatic heterocycles. The summed E-state index contributed by atoms with van der Waals surface area (Å²) in [6, 6.07) is 5.46. The molecule has 2 unspecified atom stereocenters. The largest absolute Gasteiger partial charge is 0.489 e. The van der Waals surface area contributed by atoms with E-state index in [2.05, 4.69) is 0 Å². The first-order valence-corrected chi connectivity index (χ1v) is 8.52. The van der Waals surface area contributed by atoms with Gasteiger partial charge in [-0.25, -0.2) is 0 Å². The van der Waals surface area contributed by atoms with Gasteiger partial charge in [0.05, 0.1) is 23.8 Å². The monoisotopic (exact) mass is 314 g/mol. The Morgan fingerprint density at radius 3 is 3.10 bits per heavy atom. The fraction of sp³-hybridized carbons (Fsp3) is 0.600. The number of ether oxygens (including phenoxy) is 2. The van der Waals surface area contributed by atoms with Crippen molar-refractivity contribution in [1.29, 1.82) is 0 Å². The van der Waals surface area contributed by atoms with Crippen molar-refractivity contribution < 1.29 is 14.6 Å². The lowest BCUT2D eigenvalue weighted by Crippen LogP contribution is -2.43. The van der Waals surface area contributed by atoms with Crippen molar-refractivity contribution in [3.05, 3.63) is 28.8 Å². The number of halogens is 1. The van der Waals surface area contributed by atoms with Crippen LogP contribution in [-0.4, -0.2) is 34.9 Å². The minimum atomic E-state index is -0.00238. The van der Waals surface area contributed by atoms with Gasteiger partial charge in [0.2, 0.25) is 0 Å². The number of benzene rings is 1. The van der Waals surface area contributed by atoms with Gasteiger partial charge >= 0.3 is 0 Å². The van der Waals surface area contributed by atoms with Gasteiger partial charge in [-0.2, -0.15) is 11.8 Å².